The Hall–Kier alpha value is -3.95. The number of carbonyl (C=O) groups is 1. The molecule has 7 heteroatoms. The van der Waals surface area contributed by atoms with E-state index in [1.54, 1.807) is 36.4 Å². The Balaban J connectivity index is 1.55. The number of allylic oxidation sites excluding steroid dienone is 1. The van der Waals surface area contributed by atoms with Gasteiger partial charge in [0, 0.05) is 16.7 Å². The normalized spacial score (nSPS) is 14.7. The Morgan fingerprint density at radius 1 is 1.16 bits per heavy atom. The number of ether oxygens (including phenoxy) is 3. The molecular formula is C25H19ClN2O4. The van der Waals surface area contributed by atoms with Crippen molar-refractivity contribution in [2.45, 2.75) is 12.8 Å². The predicted molar refractivity (Wildman–Crippen MR) is 120 cm³/mol. The summed E-state index contributed by atoms with van der Waals surface area (Å²) >= 11 is 6.01. The minimum Gasteiger partial charge on any atom is -0.482 e. The minimum absolute atomic E-state index is 0.00585. The molecule has 1 aliphatic heterocycles. The molecular weight excluding hydrogens is 428 g/mol. The van der Waals surface area contributed by atoms with Crippen LogP contribution in [0.4, 0.5) is 0 Å². The minimum atomic E-state index is -0.556. The van der Waals surface area contributed by atoms with Crippen LogP contribution in [-0.4, -0.2) is 12.6 Å². The smallest absolute Gasteiger partial charge is 0.349 e. The first kappa shape index (κ1) is 21.3. The van der Waals surface area contributed by atoms with E-state index in [-0.39, 0.29) is 18.2 Å². The van der Waals surface area contributed by atoms with E-state index in [2.05, 4.69) is 6.07 Å². The Kier molecular flexibility index (Phi) is 6.02. The Morgan fingerprint density at radius 2 is 1.91 bits per heavy atom. The maximum Gasteiger partial charge on any atom is 0.349 e. The van der Waals surface area contributed by atoms with Gasteiger partial charge in [0.15, 0.2) is 6.61 Å². The maximum atomic E-state index is 12.3. The first-order valence-electron chi connectivity index (χ1n) is 9.82. The summed E-state index contributed by atoms with van der Waals surface area (Å²) < 4.78 is 16.6. The quantitative estimate of drug-likeness (QED) is 0.444. The molecule has 0 aliphatic carbocycles. The molecule has 0 amide bonds. The van der Waals surface area contributed by atoms with Crippen molar-refractivity contribution in [2.75, 3.05) is 6.61 Å². The molecule has 32 heavy (non-hydrogen) atoms. The number of fused-ring (bicyclic) bond motifs is 1. The summed E-state index contributed by atoms with van der Waals surface area (Å²) in [5.74, 6) is 0.337. The fourth-order valence-electron chi connectivity index (χ4n) is 3.51. The summed E-state index contributed by atoms with van der Waals surface area (Å²) in [6, 6.07) is 21.7. The SMILES string of the molecule is Cc1ccccc1OCC(=O)Oc1ccc2c(c1)OC(N)=C(C#N)C2c1ccc(Cl)cc1. The van der Waals surface area contributed by atoms with Gasteiger partial charge in [-0.1, -0.05) is 48.0 Å². The molecule has 0 aromatic heterocycles. The number of halogens is 1. The fraction of sp³-hybridized carbons (Fsp3) is 0.120. The average molecular weight is 447 g/mol. The van der Waals surface area contributed by atoms with Crippen LogP contribution >= 0.6 is 11.6 Å². The molecule has 3 aromatic rings. The van der Waals surface area contributed by atoms with Gasteiger partial charge in [0.05, 0.1) is 5.92 Å². The van der Waals surface area contributed by atoms with E-state index in [1.165, 1.54) is 0 Å². The standard InChI is InChI=1S/C25H19ClN2O4/c1-15-4-2-3-5-21(15)30-14-23(29)31-18-10-11-19-22(12-18)32-25(28)20(13-27)24(19)16-6-8-17(26)9-7-16/h2-12,24H,14,28H2,1H3. The number of benzene rings is 3. The Bertz CT molecular complexity index is 1250. The van der Waals surface area contributed by atoms with Crippen molar-refractivity contribution >= 4 is 17.6 Å². The zero-order chi connectivity index (χ0) is 22.7. The molecule has 1 heterocycles. The van der Waals surface area contributed by atoms with Crippen LogP contribution in [-0.2, 0) is 4.79 Å². The van der Waals surface area contributed by atoms with Gasteiger partial charge in [-0.15, -0.1) is 0 Å². The van der Waals surface area contributed by atoms with E-state index in [0.717, 1.165) is 16.7 Å². The number of esters is 1. The van der Waals surface area contributed by atoms with Gasteiger partial charge in [0.2, 0.25) is 5.88 Å². The summed E-state index contributed by atoms with van der Waals surface area (Å²) in [6.07, 6.45) is 0. The van der Waals surface area contributed by atoms with Crippen LogP contribution in [0.2, 0.25) is 5.02 Å². The van der Waals surface area contributed by atoms with Crippen molar-refractivity contribution in [3.05, 3.63) is 99.9 Å². The van der Waals surface area contributed by atoms with E-state index < -0.39 is 11.9 Å². The van der Waals surface area contributed by atoms with Gasteiger partial charge in [-0.05, 0) is 42.3 Å². The highest BCUT2D eigenvalue weighted by atomic mass is 35.5. The lowest BCUT2D eigenvalue weighted by Crippen LogP contribution is -2.21. The number of hydrogen-bond acceptors (Lipinski definition) is 6. The monoisotopic (exact) mass is 446 g/mol. The number of aryl methyl sites for hydroxylation is 1. The number of nitrogens with two attached hydrogens (primary N) is 1. The van der Waals surface area contributed by atoms with E-state index in [4.69, 9.17) is 31.5 Å². The van der Waals surface area contributed by atoms with Crippen molar-refractivity contribution in [3.8, 4) is 23.3 Å². The first-order chi connectivity index (χ1) is 15.5. The molecule has 1 unspecified atom stereocenters. The molecule has 3 aromatic carbocycles. The summed E-state index contributed by atoms with van der Waals surface area (Å²) in [6.45, 7) is 1.66. The highest BCUT2D eigenvalue weighted by Gasteiger charge is 2.31. The van der Waals surface area contributed by atoms with Crippen LogP contribution < -0.4 is 19.9 Å². The third kappa shape index (κ3) is 4.39. The molecule has 160 valence electrons. The molecule has 4 rings (SSSR count). The summed E-state index contributed by atoms with van der Waals surface area (Å²) in [5, 5.41) is 10.2. The van der Waals surface area contributed by atoms with Crippen molar-refractivity contribution < 1.29 is 19.0 Å². The molecule has 1 atom stereocenters. The molecule has 0 radical (unpaired) electrons. The second-order valence-electron chi connectivity index (χ2n) is 7.20. The second-order valence-corrected chi connectivity index (χ2v) is 7.64. The molecule has 0 fully saturated rings. The highest BCUT2D eigenvalue weighted by molar-refractivity contribution is 6.30. The number of nitrogens with zero attached hydrogens (tertiary/aromatic N) is 1. The van der Waals surface area contributed by atoms with Gasteiger partial charge in [0.25, 0.3) is 0 Å². The molecule has 6 nitrogen and oxygen atoms in total. The predicted octanol–water partition coefficient (Wildman–Crippen LogP) is 4.85. The third-order valence-electron chi connectivity index (χ3n) is 5.06. The average Bonchev–Trinajstić information content (AvgIpc) is 2.78. The second kappa shape index (κ2) is 9.04. The number of carbonyl (C=O) groups excluding carboxylic acids is 1. The molecule has 0 saturated carbocycles. The topological polar surface area (TPSA) is 94.6 Å². The van der Waals surface area contributed by atoms with Gasteiger partial charge in [-0.3, -0.25) is 0 Å². The Morgan fingerprint density at radius 3 is 2.62 bits per heavy atom. The molecule has 0 spiro atoms. The first-order valence-corrected chi connectivity index (χ1v) is 10.2. The van der Waals surface area contributed by atoms with Crippen LogP contribution in [0.15, 0.2) is 78.2 Å². The molecule has 0 saturated heterocycles. The Labute approximate surface area is 190 Å². The van der Waals surface area contributed by atoms with E-state index in [0.29, 0.717) is 22.1 Å². The van der Waals surface area contributed by atoms with Gasteiger partial charge < -0.3 is 19.9 Å². The van der Waals surface area contributed by atoms with Crippen molar-refractivity contribution in [1.29, 1.82) is 5.26 Å². The molecule has 1 aliphatic rings. The van der Waals surface area contributed by atoms with Crippen LogP contribution in [0.3, 0.4) is 0 Å². The van der Waals surface area contributed by atoms with Crippen LogP contribution in [0, 0.1) is 18.3 Å². The van der Waals surface area contributed by atoms with E-state index >= 15 is 0 Å². The van der Waals surface area contributed by atoms with Gasteiger partial charge >= 0.3 is 5.97 Å². The van der Waals surface area contributed by atoms with E-state index in [1.807, 2.05) is 37.3 Å². The lowest BCUT2D eigenvalue weighted by atomic mass is 9.83. The zero-order valence-corrected chi connectivity index (χ0v) is 17.9. The highest BCUT2D eigenvalue weighted by Crippen LogP contribution is 2.43. The van der Waals surface area contributed by atoms with E-state index in [9.17, 15) is 10.1 Å². The van der Waals surface area contributed by atoms with Gasteiger partial charge in [-0.25, -0.2) is 4.79 Å². The summed E-state index contributed by atoms with van der Waals surface area (Å²) in [5.41, 5.74) is 8.82. The molecule has 2 N–H and O–H groups in total. The lowest BCUT2D eigenvalue weighted by Gasteiger charge is -2.26. The lowest BCUT2D eigenvalue weighted by molar-refractivity contribution is -0.136. The number of rotatable bonds is 5. The van der Waals surface area contributed by atoms with Crippen LogP contribution in [0.25, 0.3) is 0 Å². The summed E-state index contributed by atoms with van der Waals surface area (Å²) in [4.78, 5) is 12.3. The summed E-state index contributed by atoms with van der Waals surface area (Å²) in [7, 11) is 0. The largest absolute Gasteiger partial charge is 0.482 e. The maximum absolute atomic E-state index is 12.3. The third-order valence-corrected chi connectivity index (χ3v) is 5.32. The number of hydrogen-bond donors (Lipinski definition) is 1. The van der Waals surface area contributed by atoms with Crippen molar-refractivity contribution in [2.24, 2.45) is 5.73 Å². The van der Waals surface area contributed by atoms with Crippen LogP contribution in [0.5, 0.6) is 17.2 Å². The molecule has 0 bridgehead atoms. The van der Waals surface area contributed by atoms with Gasteiger partial charge in [0.1, 0.15) is 28.9 Å². The number of para-hydroxylation sites is 1. The zero-order valence-electron chi connectivity index (χ0n) is 17.2. The van der Waals surface area contributed by atoms with Crippen molar-refractivity contribution in [1.82, 2.24) is 0 Å². The van der Waals surface area contributed by atoms with Crippen molar-refractivity contribution in [3.63, 3.8) is 0 Å². The fourth-order valence-corrected chi connectivity index (χ4v) is 3.64. The van der Waals surface area contributed by atoms with Gasteiger partial charge in [-0.2, -0.15) is 5.26 Å². The number of nitriles is 1. The van der Waals surface area contributed by atoms with Crippen LogP contribution in [0.1, 0.15) is 22.6 Å².